The van der Waals surface area contributed by atoms with Crippen molar-refractivity contribution in [3.63, 3.8) is 0 Å². The lowest BCUT2D eigenvalue weighted by Gasteiger charge is -2.21. The van der Waals surface area contributed by atoms with E-state index in [1.165, 1.54) is 24.1 Å². The second-order valence-electron chi connectivity index (χ2n) is 3.76. The summed E-state index contributed by atoms with van der Waals surface area (Å²) in [6, 6.07) is 0. The lowest BCUT2D eigenvalue weighted by Crippen LogP contribution is -2.15. The van der Waals surface area contributed by atoms with Gasteiger partial charge in [-0.3, -0.25) is 0 Å². The van der Waals surface area contributed by atoms with Gasteiger partial charge in [0.25, 0.3) is 0 Å². The first-order valence-corrected chi connectivity index (χ1v) is 5.94. The molecule has 4 heteroatoms. The van der Waals surface area contributed by atoms with E-state index in [-0.39, 0.29) is 0 Å². The zero-order valence-electron chi connectivity index (χ0n) is 8.24. The van der Waals surface area contributed by atoms with Gasteiger partial charge in [-0.2, -0.15) is 0 Å². The molecular formula is C10H16N2OS. The van der Waals surface area contributed by atoms with Gasteiger partial charge in [0.2, 0.25) is 0 Å². The second kappa shape index (κ2) is 4.75. The lowest BCUT2D eigenvalue weighted by molar-refractivity contribution is 0.0641. The zero-order chi connectivity index (χ0) is 9.80. The number of ether oxygens (including phenoxy) is 1. The van der Waals surface area contributed by atoms with Gasteiger partial charge in [-0.25, -0.2) is 4.98 Å². The van der Waals surface area contributed by atoms with Gasteiger partial charge in [-0.1, -0.05) is 0 Å². The first kappa shape index (κ1) is 9.93. The summed E-state index contributed by atoms with van der Waals surface area (Å²) in [5, 5.41) is 0.687. The molecule has 1 aromatic rings. The first-order chi connectivity index (χ1) is 6.84. The van der Waals surface area contributed by atoms with Crippen molar-refractivity contribution in [3.8, 4) is 0 Å². The van der Waals surface area contributed by atoms with Crippen LogP contribution in [0.1, 0.15) is 24.1 Å². The first-order valence-electron chi connectivity index (χ1n) is 5.12. The van der Waals surface area contributed by atoms with Crippen molar-refractivity contribution < 1.29 is 4.74 Å². The minimum Gasteiger partial charge on any atom is -0.381 e. The highest BCUT2D eigenvalue weighted by molar-refractivity contribution is 7.15. The van der Waals surface area contributed by atoms with Crippen LogP contribution in [0, 0.1) is 5.92 Å². The number of hydrogen-bond acceptors (Lipinski definition) is 4. The Bertz CT molecular complexity index is 281. The van der Waals surface area contributed by atoms with Crippen LogP contribution in [0.2, 0.25) is 0 Å². The maximum absolute atomic E-state index is 5.57. The number of nitrogen functional groups attached to an aromatic ring is 1. The molecule has 0 amide bonds. The quantitative estimate of drug-likeness (QED) is 0.834. The topological polar surface area (TPSA) is 48.1 Å². The van der Waals surface area contributed by atoms with Gasteiger partial charge < -0.3 is 10.5 Å². The van der Waals surface area contributed by atoms with E-state index in [2.05, 4.69) is 4.98 Å². The number of rotatable bonds is 3. The Morgan fingerprint density at radius 1 is 1.50 bits per heavy atom. The average molecular weight is 212 g/mol. The molecule has 3 nitrogen and oxygen atoms in total. The van der Waals surface area contributed by atoms with Gasteiger partial charge in [0.15, 0.2) is 5.13 Å². The molecule has 0 radical (unpaired) electrons. The molecule has 1 fully saturated rings. The van der Waals surface area contributed by atoms with Crippen LogP contribution in [-0.2, 0) is 11.2 Å². The largest absolute Gasteiger partial charge is 0.381 e. The van der Waals surface area contributed by atoms with E-state index in [1.54, 1.807) is 11.3 Å². The molecular weight excluding hydrogens is 196 g/mol. The van der Waals surface area contributed by atoms with Gasteiger partial charge in [0.1, 0.15) is 0 Å². The fourth-order valence-corrected chi connectivity index (χ4v) is 2.52. The smallest absolute Gasteiger partial charge is 0.180 e. The van der Waals surface area contributed by atoms with Crippen LogP contribution in [0.3, 0.4) is 0 Å². The SMILES string of the molecule is Nc1ncc(CCC2CCOCC2)s1. The number of thiazole rings is 1. The molecule has 78 valence electrons. The highest BCUT2D eigenvalue weighted by atomic mass is 32.1. The van der Waals surface area contributed by atoms with E-state index in [0.29, 0.717) is 5.13 Å². The van der Waals surface area contributed by atoms with Gasteiger partial charge in [0, 0.05) is 24.3 Å². The molecule has 1 aliphatic heterocycles. The van der Waals surface area contributed by atoms with E-state index < -0.39 is 0 Å². The van der Waals surface area contributed by atoms with Crippen LogP contribution in [0.25, 0.3) is 0 Å². The molecule has 2 N–H and O–H groups in total. The third kappa shape index (κ3) is 2.69. The highest BCUT2D eigenvalue weighted by Gasteiger charge is 2.13. The molecule has 0 aromatic carbocycles. The summed E-state index contributed by atoms with van der Waals surface area (Å²) in [5.41, 5.74) is 5.57. The molecule has 14 heavy (non-hydrogen) atoms. The molecule has 0 atom stereocenters. The van der Waals surface area contributed by atoms with Crippen molar-refractivity contribution in [1.82, 2.24) is 4.98 Å². The van der Waals surface area contributed by atoms with Crippen LogP contribution in [0.4, 0.5) is 5.13 Å². The van der Waals surface area contributed by atoms with Crippen molar-refractivity contribution in [2.45, 2.75) is 25.7 Å². The standard InChI is InChI=1S/C10H16N2OS/c11-10-12-7-9(14-10)2-1-8-3-5-13-6-4-8/h7-8H,1-6H2,(H2,11,12). The monoisotopic (exact) mass is 212 g/mol. The summed E-state index contributed by atoms with van der Waals surface area (Å²) < 4.78 is 5.33. The second-order valence-corrected chi connectivity index (χ2v) is 4.91. The van der Waals surface area contributed by atoms with Crippen molar-refractivity contribution in [2.24, 2.45) is 5.92 Å². The third-order valence-electron chi connectivity index (χ3n) is 2.71. The van der Waals surface area contributed by atoms with E-state index in [0.717, 1.165) is 25.6 Å². The Kier molecular flexibility index (Phi) is 3.37. The minimum absolute atomic E-state index is 0.687. The van der Waals surface area contributed by atoms with E-state index >= 15 is 0 Å². The Balaban J connectivity index is 1.76. The summed E-state index contributed by atoms with van der Waals surface area (Å²) >= 11 is 1.61. The van der Waals surface area contributed by atoms with Gasteiger partial charge in [-0.15, -0.1) is 11.3 Å². The molecule has 1 aromatic heterocycles. The van der Waals surface area contributed by atoms with Crippen molar-refractivity contribution in [3.05, 3.63) is 11.1 Å². The summed E-state index contributed by atoms with van der Waals surface area (Å²) in [7, 11) is 0. The lowest BCUT2D eigenvalue weighted by atomic mass is 9.95. The maximum Gasteiger partial charge on any atom is 0.180 e. The number of aromatic nitrogens is 1. The summed E-state index contributed by atoms with van der Waals surface area (Å²) in [4.78, 5) is 5.37. The number of anilines is 1. The Morgan fingerprint density at radius 3 is 2.93 bits per heavy atom. The Labute approximate surface area is 88.3 Å². The molecule has 0 spiro atoms. The van der Waals surface area contributed by atoms with Crippen molar-refractivity contribution in [2.75, 3.05) is 18.9 Å². The number of nitrogens with two attached hydrogens (primary N) is 1. The molecule has 0 aliphatic carbocycles. The van der Waals surface area contributed by atoms with E-state index in [9.17, 15) is 0 Å². The predicted octanol–water partition coefficient (Wildman–Crippen LogP) is 2.08. The normalized spacial score (nSPS) is 18.6. The van der Waals surface area contributed by atoms with Gasteiger partial charge in [-0.05, 0) is 31.6 Å². The maximum atomic E-state index is 5.57. The molecule has 1 saturated heterocycles. The molecule has 1 aliphatic rings. The molecule has 0 unspecified atom stereocenters. The van der Waals surface area contributed by atoms with Gasteiger partial charge in [0.05, 0.1) is 0 Å². The number of hydrogen-bond donors (Lipinski definition) is 1. The molecule has 0 bridgehead atoms. The van der Waals surface area contributed by atoms with E-state index in [1.807, 2.05) is 6.20 Å². The third-order valence-corrected chi connectivity index (χ3v) is 3.60. The Morgan fingerprint density at radius 2 is 2.29 bits per heavy atom. The fraction of sp³-hybridized carbons (Fsp3) is 0.700. The predicted molar refractivity (Wildman–Crippen MR) is 58.4 cm³/mol. The molecule has 2 heterocycles. The van der Waals surface area contributed by atoms with Crippen molar-refractivity contribution in [1.29, 1.82) is 0 Å². The number of aryl methyl sites for hydroxylation is 1. The van der Waals surface area contributed by atoms with Gasteiger partial charge >= 0.3 is 0 Å². The molecule has 0 saturated carbocycles. The zero-order valence-corrected chi connectivity index (χ0v) is 9.05. The fourth-order valence-electron chi connectivity index (χ4n) is 1.82. The average Bonchev–Trinajstić information content (AvgIpc) is 2.63. The summed E-state index contributed by atoms with van der Waals surface area (Å²) in [6.07, 6.45) is 6.71. The van der Waals surface area contributed by atoms with Crippen molar-refractivity contribution >= 4 is 16.5 Å². The van der Waals surface area contributed by atoms with Crippen LogP contribution in [0.15, 0.2) is 6.20 Å². The number of nitrogens with zero attached hydrogens (tertiary/aromatic N) is 1. The van der Waals surface area contributed by atoms with Crippen LogP contribution < -0.4 is 5.73 Å². The van der Waals surface area contributed by atoms with E-state index in [4.69, 9.17) is 10.5 Å². The summed E-state index contributed by atoms with van der Waals surface area (Å²) in [6.45, 7) is 1.88. The Hall–Kier alpha value is -0.610. The molecule has 2 rings (SSSR count). The summed E-state index contributed by atoms with van der Waals surface area (Å²) in [5.74, 6) is 0.840. The van der Waals surface area contributed by atoms with Crippen LogP contribution >= 0.6 is 11.3 Å². The highest BCUT2D eigenvalue weighted by Crippen LogP contribution is 2.23. The van der Waals surface area contributed by atoms with Crippen LogP contribution in [-0.4, -0.2) is 18.2 Å². The minimum atomic E-state index is 0.687. The van der Waals surface area contributed by atoms with Crippen LogP contribution in [0.5, 0.6) is 0 Å².